The van der Waals surface area contributed by atoms with Gasteiger partial charge in [0.1, 0.15) is 6.04 Å². The highest BCUT2D eigenvalue weighted by Crippen LogP contribution is 2.22. The second kappa shape index (κ2) is 5.74. The van der Waals surface area contributed by atoms with Crippen LogP contribution >= 0.6 is 0 Å². The number of nitrogens with one attached hydrogen (secondary N) is 2. The number of aliphatic carboxylic acids is 1. The monoisotopic (exact) mass is 294 g/mol. The number of aliphatic hydroxyl groups excluding tert-OH is 1. The molecule has 1 aliphatic rings. The molecule has 0 aromatic heterocycles. The van der Waals surface area contributed by atoms with E-state index < -0.39 is 33.4 Å². The molecule has 0 aromatic rings. The maximum atomic E-state index is 11.6. The number of carboxylic acid groups (broad SMARTS) is 1. The summed E-state index contributed by atoms with van der Waals surface area (Å²) in [4.78, 5) is 22.4. The molecule has 19 heavy (non-hydrogen) atoms. The average molecular weight is 294 g/mol. The molecule has 1 saturated heterocycles. The minimum atomic E-state index is -3.15. The Kier molecular flexibility index (Phi) is 4.75. The number of carbonyl (C=O) groups is 2. The van der Waals surface area contributed by atoms with Crippen LogP contribution in [0.3, 0.4) is 0 Å². The molecule has 1 heterocycles. The Bertz CT molecular complexity index is 463. The van der Waals surface area contributed by atoms with Gasteiger partial charge in [-0.15, -0.1) is 0 Å². The first-order chi connectivity index (χ1) is 8.67. The zero-order valence-corrected chi connectivity index (χ0v) is 11.4. The molecule has 4 N–H and O–H groups in total. The van der Waals surface area contributed by atoms with Crippen LogP contribution in [0.2, 0.25) is 0 Å². The van der Waals surface area contributed by atoms with Crippen molar-refractivity contribution in [1.82, 2.24) is 10.6 Å². The number of hydrogen-bond acceptors (Lipinski definition) is 5. The largest absolute Gasteiger partial charge is 0.480 e. The number of urea groups is 1. The van der Waals surface area contributed by atoms with Gasteiger partial charge in [-0.3, -0.25) is 0 Å². The van der Waals surface area contributed by atoms with E-state index in [2.05, 4.69) is 10.6 Å². The molecule has 9 heteroatoms. The Hall–Kier alpha value is -1.35. The molecule has 110 valence electrons. The van der Waals surface area contributed by atoms with E-state index in [9.17, 15) is 18.0 Å². The molecule has 1 unspecified atom stereocenters. The number of rotatable bonds is 5. The summed E-state index contributed by atoms with van der Waals surface area (Å²) in [5.74, 6) is -1.41. The van der Waals surface area contributed by atoms with Crippen LogP contribution in [0.15, 0.2) is 0 Å². The fraction of sp³-hybridized carbons (Fsp3) is 0.800. The Balaban J connectivity index is 2.58. The van der Waals surface area contributed by atoms with Gasteiger partial charge in [0.15, 0.2) is 9.84 Å². The lowest BCUT2D eigenvalue weighted by Gasteiger charge is -2.25. The van der Waals surface area contributed by atoms with Crippen LogP contribution in [-0.2, 0) is 14.6 Å². The molecule has 1 rings (SSSR count). The normalized spacial score (nSPS) is 26.6. The Labute approximate surface area is 111 Å². The average Bonchev–Trinajstić information content (AvgIpc) is 2.51. The van der Waals surface area contributed by atoms with Crippen LogP contribution < -0.4 is 10.6 Å². The van der Waals surface area contributed by atoms with Crippen molar-refractivity contribution in [1.29, 1.82) is 0 Å². The van der Waals surface area contributed by atoms with E-state index in [0.29, 0.717) is 6.42 Å². The predicted molar refractivity (Wildman–Crippen MR) is 66.5 cm³/mol. The minimum Gasteiger partial charge on any atom is -0.480 e. The van der Waals surface area contributed by atoms with Gasteiger partial charge < -0.3 is 20.8 Å². The molecule has 0 spiro atoms. The van der Waals surface area contributed by atoms with E-state index in [-0.39, 0.29) is 24.5 Å². The van der Waals surface area contributed by atoms with Gasteiger partial charge >= 0.3 is 12.0 Å². The molecule has 8 nitrogen and oxygen atoms in total. The third-order valence-corrected chi connectivity index (χ3v) is 4.84. The summed E-state index contributed by atoms with van der Waals surface area (Å²) >= 11 is 0. The SMILES string of the molecule is CC1(NC(=O)N[C@@H](CCO)C(=O)O)CCS(=O)(=O)C1. The third kappa shape index (κ3) is 4.67. The molecular weight excluding hydrogens is 276 g/mol. The number of hydrogen-bond donors (Lipinski definition) is 4. The third-order valence-electron chi connectivity index (χ3n) is 2.94. The summed E-state index contributed by atoms with van der Waals surface area (Å²) in [6, 6.07) is -1.95. The fourth-order valence-corrected chi connectivity index (χ4v) is 4.06. The van der Waals surface area contributed by atoms with Crippen molar-refractivity contribution in [3.8, 4) is 0 Å². The van der Waals surface area contributed by atoms with Crippen molar-refractivity contribution in [2.45, 2.75) is 31.3 Å². The molecule has 2 atom stereocenters. The number of sulfone groups is 1. The lowest BCUT2D eigenvalue weighted by molar-refractivity contribution is -0.139. The van der Waals surface area contributed by atoms with Crippen LogP contribution in [0.4, 0.5) is 4.79 Å². The van der Waals surface area contributed by atoms with Crippen LogP contribution in [-0.4, -0.2) is 60.3 Å². The maximum Gasteiger partial charge on any atom is 0.326 e. The van der Waals surface area contributed by atoms with Gasteiger partial charge in [-0.25, -0.2) is 18.0 Å². The quantitative estimate of drug-likeness (QED) is 0.498. The molecular formula is C10H18N2O6S. The fourth-order valence-electron chi connectivity index (χ4n) is 1.96. The standard InChI is InChI=1S/C10H18N2O6S/c1-10(3-5-19(17,18)6-10)12-9(16)11-7(2-4-13)8(14)15/h7,13H,2-6H2,1H3,(H,14,15)(H2,11,12,16)/t7-,10?/m0/s1. The van der Waals surface area contributed by atoms with E-state index in [4.69, 9.17) is 10.2 Å². The van der Waals surface area contributed by atoms with Crippen molar-refractivity contribution < 1.29 is 28.2 Å². The first-order valence-corrected chi connectivity index (χ1v) is 7.62. The summed E-state index contributed by atoms with van der Waals surface area (Å²) in [5, 5.41) is 22.2. The van der Waals surface area contributed by atoms with Gasteiger partial charge in [-0.05, 0) is 13.3 Å². The van der Waals surface area contributed by atoms with Gasteiger partial charge in [0.05, 0.1) is 17.0 Å². The Morgan fingerprint density at radius 2 is 2.05 bits per heavy atom. The van der Waals surface area contributed by atoms with Crippen molar-refractivity contribution in [3.63, 3.8) is 0 Å². The molecule has 2 amide bonds. The Morgan fingerprint density at radius 3 is 2.47 bits per heavy atom. The van der Waals surface area contributed by atoms with E-state index in [0.717, 1.165) is 0 Å². The van der Waals surface area contributed by atoms with Crippen molar-refractivity contribution >= 4 is 21.8 Å². The van der Waals surface area contributed by atoms with E-state index >= 15 is 0 Å². The maximum absolute atomic E-state index is 11.6. The lowest BCUT2D eigenvalue weighted by Crippen LogP contribution is -2.54. The van der Waals surface area contributed by atoms with Crippen LogP contribution in [0.25, 0.3) is 0 Å². The van der Waals surface area contributed by atoms with Gasteiger partial charge in [-0.2, -0.15) is 0 Å². The topological polar surface area (TPSA) is 133 Å². The van der Waals surface area contributed by atoms with Crippen LogP contribution in [0.1, 0.15) is 19.8 Å². The van der Waals surface area contributed by atoms with Crippen molar-refractivity contribution in [3.05, 3.63) is 0 Å². The van der Waals surface area contributed by atoms with Gasteiger partial charge in [-0.1, -0.05) is 0 Å². The summed E-state index contributed by atoms with van der Waals surface area (Å²) in [6.45, 7) is 1.22. The molecule has 1 fully saturated rings. The second-order valence-electron chi connectivity index (χ2n) is 4.90. The summed E-state index contributed by atoms with van der Waals surface area (Å²) < 4.78 is 22.7. The zero-order chi connectivity index (χ0) is 14.7. The number of amides is 2. The molecule has 0 bridgehead atoms. The number of carboxylic acids is 1. The minimum absolute atomic E-state index is 0.00276. The highest BCUT2D eigenvalue weighted by atomic mass is 32.2. The smallest absolute Gasteiger partial charge is 0.326 e. The Morgan fingerprint density at radius 1 is 1.42 bits per heavy atom. The lowest BCUT2D eigenvalue weighted by atomic mass is 10.0. The highest BCUT2D eigenvalue weighted by molar-refractivity contribution is 7.91. The van der Waals surface area contributed by atoms with Crippen LogP contribution in [0, 0.1) is 0 Å². The van der Waals surface area contributed by atoms with E-state index in [1.54, 1.807) is 6.92 Å². The predicted octanol–water partition coefficient (Wildman–Crippen LogP) is -1.30. The van der Waals surface area contributed by atoms with Gasteiger partial charge in [0, 0.05) is 13.0 Å². The first-order valence-electron chi connectivity index (χ1n) is 5.80. The molecule has 0 aromatic carbocycles. The molecule has 0 aliphatic carbocycles. The highest BCUT2D eigenvalue weighted by Gasteiger charge is 2.39. The summed E-state index contributed by atoms with van der Waals surface area (Å²) in [5.41, 5.74) is -0.884. The van der Waals surface area contributed by atoms with E-state index in [1.807, 2.05) is 0 Å². The zero-order valence-electron chi connectivity index (χ0n) is 10.5. The van der Waals surface area contributed by atoms with E-state index in [1.165, 1.54) is 0 Å². The van der Waals surface area contributed by atoms with Crippen molar-refractivity contribution in [2.24, 2.45) is 0 Å². The summed E-state index contributed by atoms with van der Waals surface area (Å²) in [7, 11) is -3.15. The second-order valence-corrected chi connectivity index (χ2v) is 7.09. The molecule has 1 aliphatic heterocycles. The number of aliphatic hydroxyl groups is 1. The number of carbonyl (C=O) groups excluding carboxylic acids is 1. The van der Waals surface area contributed by atoms with Gasteiger partial charge in [0.2, 0.25) is 0 Å². The van der Waals surface area contributed by atoms with Gasteiger partial charge in [0.25, 0.3) is 0 Å². The molecule has 0 radical (unpaired) electrons. The first kappa shape index (κ1) is 15.7. The van der Waals surface area contributed by atoms with Crippen molar-refractivity contribution in [2.75, 3.05) is 18.1 Å². The molecule has 0 saturated carbocycles. The van der Waals surface area contributed by atoms with Crippen LogP contribution in [0.5, 0.6) is 0 Å². The summed E-state index contributed by atoms with van der Waals surface area (Å²) in [6.07, 6.45) is 0.179.